The van der Waals surface area contributed by atoms with E-state index in [2.05, 4.69) is 18.5 Å². The van der Waals surface area contributed by atoms with Gasteiger partial charge in [0, 0.05) is 6.92 Å². The van der Waals surface area contributed by atoms with Crippen LogP contribution in [0, 0.1) is 6.92 Å². The van der Waals surface area contributed by atoms with Gasteiger partial charge in [0.25, 0.3) is 0 Å². The van der Waals surface area contributed by atoms with Crippen LogP contribution in [0.5, 0.6) is 0 Å². The maximum Gasteiger partial charge on any atom is 0.192 e. The van der Waals surface area contributed by atoms with Gasteiger partial charge in [0.05, 0.1) is 5.69 Å². The lowest BCUT2D eigenvalue weighted by molar-refractivity contribution is 0.512. The summed E-state index contributed by atoms with van der Waals surface area (Å²) in [5.41, 5.74) is 2.10. The van der Waals surface area contributed by atoms with Crippen molar-refractivity contribution in [3.05, 3.63) is 35.6 Å². The van der Waals surface area contributed by atoms with Crippen LogP contribution in [0.1, 0.15) is 31.2 Å². The van der Waals surface area contributed by atoms with Gasteiger partial charge in [-0.05, 0) is 25.0 Å². The molecule has 2 nitrogen and oxygen atoms in total. The van der Waals surface area contributed by atoms with Gasteiger partial charge in [-0.2, -0.15) is 0 Å². The second-order valence-corrected chi connectivity index (χ2v) is 2.99. The van der Waals surface area contributed by atoms with Crippen LogP contribution in [0.15, 0.2) is 22.6 Å². The molecule has 0 unspecified atom stereocenters. The number of hydrogen-bond donors (Lipinski definition) is 0. The summed E-state index contributed by atoms with van der Waals surface area (Å²) in [7, 11) is 0. The van der Waals surface area contributed by atoms with Crippen LogP contribution in [-0.2, 0) is 6.42 Å². The predicted octanol–water partition coefficient (Wildman–Crippen LogP) is 3.13. The molecule has 0 spiro atoms. The average Bonchev–Trinajstić information content (AvgIpc) is 2.46. The lowest BCUT2D eigenvalue weighted by atomic mass is 10.2. The summed E-state index contributed by atoms with van der Waals surface area (Å²) in [4.78, 5) is 4.27. The van der Waals surface area contributed by atoms with Crippen molar-refractivity contribution in [2.75, 3.05) is 0 Å². The van der Waals surface area contributed by atoms with Crippen LogP contribution < -0.4 is 0 Å². The zero-order valence-corrected chi connectivity index (χ0v) is 8.42. The molecule has 0 amide bonds. The fourth-order valence-electron chi connectivity index (χ4n) is 1.12. The largest absolute Gasteiger partial charge is 0.441 e. The number of rotatable bonds is 3. The maximum atomic E-state index is 5.44. The molecule has 0 aromatic carbocycles. The van der Waals surface area contributed by atoms with Gasteiger partial charge < -0.3 is 4.42 Å². The molecular formula is C11H15NO. The van der Waals surface area contributed by atoms with Crippen molar-refractivity contribution in [1.82, 2.24) is 4.98 Å². The number of nitrogens with zero attached hydrogens (tertiary/aromatic N) is 1. The van der Waals surface area contributed by atoms with Crippen LogP contribution in [0.25, 0.3) is 6.08 Å². The summed E-state index contributed by atoms with van der Waals surface area (Å²) in [5.74, 6) is 1.58. The highest BCUT2D eigenvalue weighted by Crippen LogP contribution is 2.15. The fourth-order valence-corrected chi connectivity index (χ4v) is 1.12. The van der Waals surface area contributed by atoms with E-state index in [0.717, 1.165) is 29.3 Å². The molecule has 0 N–H and O–H groups in total. The Morgan fingerprint density at radius 1 is 1.62 bits per heavy atom. The van der Waals surface area contributed by atoms with Gasteiger partial charge in [-0.3, -0.25) is 0 Å². The van der Waals surface area contributed by atoms with Gasteiger partial charge in [0.1, 0.15) is 0 Å². The van der Waals surface area contributed by atoms with Crippen molar-refractivity contribution < 1.29 is 4.42 Å². The van der Waals surface area contributed by atoms with Crippen molar-refractivity contribution in [3.63, 3.8) is 0 Å². The van der Waals surface area contributed by atoms with Crippen molar-refractivity contribution in [3.8, 4) is 0 Å². The predicted molar refractivity (Wildman–Crippen MR) is 54.5 cm³/mol. The molecule has 1 rings (SSSR count). The van der Waals surface area contributed by atoms with Crippen molar-refractivity contribution >= 4 is 6.08 Å². The standard InChI is InChI=1S/C11H15NO/c1-5-8(3)7-11-10(6-2)12-9(4)13-11/h5,7H,1,6H2,2-4H3/b8-7-. The molecule has 0 aliphatic heterocycles. The van der Waals surface area contributed by atoms with E-state index in [4.69, 9.17) is 4.42 Å². The molecule has 0 radical (unpaired) electrons. The molecule has 0 aliphatic carbocycles. The quantitative estimate of drug-likeness (QED) is 0.663. The summed E-state index contributed by atoms with van der Waals surface area (Å²) in [6, 6.07) is 0. The van der Waals surface area contributed by atoms with Crippen molar-refractivity contribution in [1.29, 1.82) is 0 Å². The Bertz CT molecular complexity index is 334. The first-order valence-electron chi connectivity index (χ1n) is 4.44. The maximum absolute atomic E-state index is 5.44. The van der Waals surface area contributed by atoms with E-state index in [1.807, 2.05) is 19.9 Å². The van der Waals surface area contributed by atoms with Gasteiger partial charge in [-0.25, -0.2) is 4.98 Å². The van der Waals surface area contributed by atoms with E-state index in [-0.39, 0.29) is 0 Å². The van der Waals surface area contributed by atoms with Crippen molar-refractivity contribution in [2.45, 2.75) is 27.2 Å². The molecule has 1 aromatic rings. The smallest absolute Gasteiger partial charge is 0.192 e. The topological polar surface area (TPSA) is 26.0 Å². The zero-order chi connectivity index (χ0) is 9.84. The minimum atomic E-state index is 0.722. The summed E-state index contributed by atoms with van der Waals surface area (Å²) in [6.45, 7) is 9.61. The summed E-state index contributed by atoms with van der Waals surface area (Å²) in [5, 5.41) is 0. The van der Waals surface area contributed by atoms with E-state index < -0.39 is 0 Å². The van der Waals surface area contributed by atoms with Gasteiger partial charge in [-0.15, -0.1) is 0 Å². The minimum absolute atomic E-state index is 0.722. The molecule has 0 saturated heterocycles. The number of hydrogen-bond acceptors (Lipinski definition) is 2. The fraction of sp³-hybridized carbons (Fsp3) is 0.364. The third-order valence-electron chi connectivity index (χ3n) is 1.85. The highest BCUT2D eigenvalue weighted by molar-refractivity contribution is 5.52. The van der Waals surface area contributed by atoms with Crippen LogP contribution in [0.2, 0.25) is 0 Å². The molecule has 0 atom stereocenters. The van der Waals surface area contributed by atoms with Gasteiger partial charge in [0.2, 0.25) is 0 Å². The Labute approximate surface area is 79.0 Å². The highest BCUT2D eigenvalue weighted by Gasteiger charge is 2.05. The first-order valence-corrected chi connectivity index (χ1v) is 4.44. The van der Waals surface area contributed by atoms with Crippen LogP contribution in [0.3, 0.4) is 0 Å². The van der Waals surface area contributed by atoms with Crippen LogP contribution in [-0.4, -0.2) is 4.98 Å². The van der Waals surface area contributed by atoms with Crippen LogP contribution >= 0.6 is 0 Å². The highest BCUT2D eigenvalue weighted by atomic mass is 16.4. The summed E-state index contributed by atoms with van der Waals surface area (Å²) >= 11 is 0. The number of allylic oxidation sites excluding steroid dienone is 2. The second-order valence-electron chi connectivity index (χ2n) is 2.99. The Morgan fingerprint density at radius 3 is 2.85 bits per heavy atom. The number of aryl methyl sites for hydroxylation is 2. The Morgan fingerprint density at radius 2 is 2.31 bits per heavy atom. The van der Waals surface area contributed by atoms with Gasteiger partial charge >= 0.3 is 0 Å². The molecule has 2 heteroatoms. The molecule has 13 heavy (non-hydrogen) atoms. The Kier molecular flexibility index (Phi) is 3.07. The molecule has 0 bridgehead atoms. The van der Waals surface area contributed by atoms with E-state index in [9.17, 15) is 0 Å². The first-order chi connectivity index (χ1) is 6.17. The van der Waals surface area contributed by atoms with E-state index in [1.165, 1.54) is 0 Å². The normalized spacial score (nSPS) is 11.8. The summed E-state index contributed by atoms with van der Waals surface area (Å²) in [6.07, 6.45) is 4.66. The monoisotopic (exact) mass is 177 g/mol. The van der Waals surface area contributed by atoms with E-state index >= 15 is 0 Å². The number of oxazole rings is 1. The lowest BCUT2D eigenvalue weighted by Gasteiger charge is -1.91. The minimum Gasteiger partial charge on any atom is -0.441 e. The molecule has 0 saturated carbocycles. The number of aromatic nitrogens is 1. The van der Waals surface area contributed by atoms with Crippen molar-refractivity contribution in [2.24, 2.45) is 0 Å². The molecule has 70 valence electrons. The van der Waals surface area contributed by atoms with Gasteiger partial charge in [0.15, 0.2) is 11.7 Å². The third kappa shape index (κ3) is 2.31. The van der Waals surface area contributed by atoms with Gasteiger partial charge in [-0.1, -0.05) is 19.6 Å². The SMILES string of the molecule is C=C/C(C)=C\c1oc(C)nc1CC. The molecule has 1 aromatic heterocycles. The first kappa shape index (κ1) is 9.78. The third-order valence-corrected chi connectivity index (χ3v) is 1.85. The molecule has 0 fully saturated rings. The molecule has 1 heterocycles. The average molecular weight is 177 g/mol. The summed E-state index contributed by atoms with van der Waals surface area (Å²) < 4.78 is 5.44. The Hall–Kier alpha value is -1.31. The lowest BCUT2D eigenvalue weighted by Crippen LogP contribution is -1.83. The van der Waals surface area contributed by atoms with Crippen LogP contribution in [0.4, 0.5) is 0 Å². The molecular weight excluding hydrogens is 162 g/mol. The van der Waals surface area contributed by atoms with E-state index in [0.29, 0.717) is 0 Å². The Balaban J connectivity index is 3.06. The van der Waals surface area contributed by atoms with E-state index in [1.54, 1.807) is 6.08 Å². The second kappa shape index (κ2) is 4.08. The zero-order valence-electron chi connectivity index (χ0n) is 8.42. The molecule has 0 aliphatic rings.